The Labute approximate surface area is 117 Å². The summed E-state index contributed by atoms with van der Waals surface area (Å²) in [7, 11) is 0. The number of hydrogen-bond donors (Lipinski definition) is 0. The summed E-state index contributed by atoms with van der Waals surface area (Å²) in [6, 6.07) is 10.4. The third-order valence-corrected chi connectivity index (χ3v) is 3.87. The van der Waals surface area contributed by atoms with Gasteiger partial charge in [-0.3, -0.25) is 0 Å². The Morgan fingerprint density at radius 1 is 1.16 bits per heavy atom. The third-order valence-electron chi connectivity index (χ3n) is 3.87. The van der Waals surface area contributed by atoms with Crippen LogP contribution < -0.4 is 0 Å². The molecule has 2 heteroatoms. The summed E-state index contributed by atoms with van der Waals surface area (Å²) < 4.78 is 12.4. The number of rotatable bonds is 3. The van der Waals surface area contributed by atoms with Crippen LogP contribution in [0.15, 0.2) is 30.3 Å². The van der Waals surface area contributed by atoms with Crippen molar-refractivity contribution in [3.05, 3.63) is 35.9 Å². The van der Waals surface area contributed by atoms with Gasteiger partial charge in [0.05, 0.1) is 12.7 Å². The smallest absolute Gasteiger partial charge is 0.169 e. The van der Waals surface area contributed by atoms with E-state index in [9.17, 15) is 0 Å². The first kappa shape index (κ1) is 14.5. The summed E-state index contributed by atoms with van der Waals surface area (Å²) in [6.07, 6.45) is 1.03. The van der Waals surface area contributed by atoms with Crippen LogP contribution in [0.3, 0.4) is 0 Å². The molecule has 0 saturated carbocycles. The minimum Gasteiger partial charge on any atom is -0.349 e. The summed E-state index contributed by atoms with van der Waals surface area (Å²) in [5.74, 6) is -0.0137. The fourth-order valence-corrected chi connectivity index (χ4v) is 2.98. The molecule has 0 spiro atoms. The second kappa shape index (κ2) is 5.26. The Morgan fingerprint density at radius 2 is 1.79 bits per heavy atom. The van der Waals surface area contributed by atoms with Crippen molar-refractivity contribution in [2.75, 3.05) is 6.61 Å². The molecule has 0 radical (unpaired) electrons. The fourth-order valence-electron chi connectivity index (χ4n) is 2.98. The molecule has 1 aromatic carbocycles. The Hall–Kier alpha value is -0.860. The van der Waals surface area contributed by atoms with Crippen LogP contribution in [-0.4, -0.2) is 18.5 Å². The first-order chi connectivity index (χ1) is 8.82. The molecule has 2 rings (SSSR count). The maximum atomic E-state index is 6.33. The highest BCUT2D eigenvalue weighted by atomic mass is 16.7. The Kier molecular flexibility index (Phi) is 4.03. The van der Waals surface area contributed by atoms with Gasteiger partial charge < -0.3 is 9.47 Å². The van der Waals surface area contributed by atoms with E-state index in [2.05, 4.69) is 58.9 Å². The quantitative estimate of drug-likeness (QED) is 0.818. The highest BCUT2D eigenvalue weighted by Crippen LogP contribution is 2.39. The average molecular weight is 262 g/mol. The minimum absolute atomic E-state index is 0.0738. The largest absolute Gasteiger partial charge is 0.349 e. The van der Waals surface area contributed by atoms with Crippen molar-refractivity contribution in [1.82, 2.24) is 0 Å². The monoisotopic (exact) mass is 262 g/mol. The summed E-state index contributed by atoms with van der Waals surface area (Å²) in [6.45, 7) is 11.7. The molecule has 1 heterocycles. The molecule has 1 aliphatic rings. The van der Waals surface area contributed by atoms with Crippen molar-refractivity contribution in [2.24, 2.45) is 11.3 Å². The summed E-state index contributed by atoms with van der Waals surface area (Å²) in [4.78, 5) is 0. The maximum absolute atomic E-state index is 6.33. The molecular formula is C17H26O2. The van der Waals surface area contributed by atoms with E-state index in [0.29, 0.717) is 5.92 Å². The second-order valence-electron chi connectivity index (χ2n) is 6.86. The van der Waals surface area contributed by atoms with E-state index in [-0.39, 0.29) is 11.5 Å². The van der Waals surface area contributed by atoms with Crippen LogP contribution >= 0.6 is 0 Å². The van der Waals surface area contributed by atoms with E-state index in [0.717, 1.165) is 13.0 Å². The predicted molar refractivity (Wildman–Crippen MR) is 78.0 cm³/mol. The maximum Gasteiger partial charge on any atom is 0.169 e. The Bertz CT molecular complexity index is 411. The molecule has 0 bridgehead atoms. The molecule has 0 aromatic heterocycles. The third kappa shape index (κ3) is 3.37. The molecule has 1 aliphatic heterocycles. The molecule has 2 unspecified atom stereocenters. The fraction of sp³-hybridized carbons (Fsp3) is 0.647. The average Bonchev–Trinajstić information content (AvgIpc) is 2.34. The van der Waals surface area contributed by atoms with Crippen molar-refractivity contribution in [1.29, 1.82) is 0 Å². The first-order valence-electron chi connectivity index (χ1n) is 7.18. The van der Waals surface area contributed by atoms with Crippen molar-refractivity contribution in [2.45, 2.75) is 52.9 Å². The normalized spacial score (nSPS) is 30.5. The molecule has 0 aliphatic carbocycles. The van der Waals surface area contributed by atoms with E-state index < -0.39 is 5.79 Å². The van der Waals surface area contributed by atoms with Crippen LogP contribution in [0, 0.1) is 11.3 Å². The number of benzene rings is 1. The molecule has 1 saturated heterocycles. The lowest BCUT2D eigenvalue weighted by atomic mass is 9.80. The van der Waals surface area contributed by atoms with Crippen LogP contribution in [0.1, 0.15) is 40.2 Å². The van der Waals surface area contributed by atoms with E-state index in [1.807, 2.05) is 6.07 Å². The summed E-state index contributed by atoms with van der Waals surface area (Å²) in [5, 5.41) is 0. The molecular weight excluding hydrogens is 236 g/mol. The van der Waals surface area contributed by atoms with Crippen LogP contribution in [-0.2, 0) is 15.9 Å². The lowest BCUT2D eigenvalue weighted by Gasteiger charge is -2.49. The topological polar surface area (TPSA) is 18.5 Å². The molecule has 0 amide bonds. The lowest BCUT2D eigenvalue weighted by molar-refractivity contribution is -0.327. The standard InChI is InChI=1S/C17H26O2/c1-13(2)15-16(3,4)12-18-17(5,19-15)11-14-9-7-6-8-10-14/h6-10,13,15H,11-12H2,1-5H3. The van der Waals surface area contributed by atoms with Gasteiger partial charge in [0, 0.05) is 11.8 Å². The van der Waals surface area contributed by atoms with Crippen molar-refractivity contribution in [3.63, 3.8) is 0 Å². The molecule has 2 atom stereocenters. The summed E-state index contributed by atoms with van der Waals surface area (Å²) in [5.41, 5.74) is 1.33. The molecule has 19 heavy (non-hydrogen) atoms. The Balaban J connectivity index is 2.13. The van der Waals surface area contributed by atoms with Crippen LogP contribution in [0.25, 0.3) is 0 Å². The van der Waals surface area contributed by atoms with Crippen LogP contribution in [0.4, 0.5) is 0 Å². The zero-order chi connectivity index (χ0) is 14.1. The SMILES string of the molecule is CC(C)C1OC(C)(Cc2ccccc2)OCC1(C)C. The lowest BCUT2D eigenvalue weighted by Crippen LogP contribution is -2.54. The van der Waals surface area contributed by atoms with E-state index in [1.165, 1.54) is 5.56 Å². The molecule has 1 fully saturated rings. The van der Waals surface area contributed by atoms with Gasteiger partial charge in [0.2, 0.25) is 0 Å². The van der Waals surface area contributed by atoms with Gasteiger partial charge in [-0.1, -0.05) is 58.0 Å². The van der Waals surface area contributed by atoms with Gasteiger partial charge in [0.25, 0.3) is 0 Å². The van der Waals surface area contributed by atoms with Gasteiger partial charge in [0.15, 0.2) is 5.79 Å². The zero-order valence-corrected chi connectivity index (χ0v) is 12.8. The van der Waals surface area contributed by atoms with Crippen molar-refractivity contribution >= 4 is 0 Å². The van der Waals surface area contributed by atoms with Gasteiger partial charge >= 0.3 is 0 Å². The Morgan fingerprint density at radius 3 is 2.37 bits per heavy atom. The molecule has 1 aromatic rings. The van der Waals surface area contributed by atoms with Gasteiger partial charge in [-0.25, -0.2) is 0 Å². The summed E-state index contributed by atoms with van der Waals surface area (Å²) >= 11 is 0. The van der Waals surface area contributed by atoms with Gasteiger partial charge in [-0.2, -0.15) is 0 Å². The van der Waals surface area contributed by atoms with Crippen LogP contribution in [0.5, 0.6) is 0 Å². The van der Waals surface area contributed by atoms with Crippen molar-refractivity contribution in [3.8, 4) is 0 Å². The highest BCUT2D eigenvalue weighted by Gasteiger charge is 2.45. The van der Waals surface area contributed by atoms with E-state index in [1.54, 1.807) is 0 Å². The van der Waals surface area contributed by atoms with Gasteiger partial charge in [0.1, 0.15) is 0 Å². The molecule has 2 nitrogen and oxygen atoms in total. The minimum atomic E-state index is -0.508. The van der Waals surface area contributed by atoms with Gasteiger partial charge in [-0.15, -0.1) is 0 Å². The highest BCUT2D eigenvalue weighted by molar-refractivity contribution is 5.16. The predicted octanol–water partition coefficient (Wildman–Crippen LogP) is 4.04. The van der Waals surface area contributed by atoms with Crippen molar-refractivity contribution < 1.29 is 9.47 Å². The molecule has 106 valence electrons. The van der Waals surface area contributed by atoms with E-state index in [4.69, 9.17) is 9.47 Å². The van der Waals surface area contributed by atoms with Gasteiger partial charge in [-0.05, 0) is 18.4 Å². The first-order valence-corrected chi connectivity index (χ1v) is 7.18. The zero-order valence-electron chi connectivity index (χ0n) is 12.8. The number of ether oxygens (including phenoxy) is 2. The molecule has 0 N–H and O–H groups in total. The number of hydrogen-bond acceptors (Lipinski definition) is 2. The second-order valence-corrected chi connectivity index (χ2v) is 6.86. The van der Waals surface area contributed by atoms with Crippen LogP contribution in [0.2, 0.25) is 0 Å². The van der Waals surface area contributed by atoms with E-state index >= 15 is 0 Å².